The summed E-state index contributed by atoms with van der Waals surface area (Å²) >= 11 is 12.4. The van der Waals surface area contributed by atoms with Crippen LogP contribution in [0.4, 0.5) is 10.2 Å². The monoisotopic (exact) mass is 412 g/mol. The number of aliphatic hydroxyl groups is 1. The number of aryl methyl sites for hydroxylation is 1. The molecule has 1 aromatic carbocycles. The smallest absolute Gasteiger partial charge is 0.153 e. The summed E-state index contributed by atoms with van der Waals surface area (Å²) in [5, 5.41) is 10.7. The van der Waals surface area contributed by atoms with Crippen LogP contribution in [0.15, 0.2) is 18.2 Å². The molecule has 1 aliphatic rings. The van der Waals surface area contributed by atoms with Gasteiger partial charge in [-0.1, -0.05) is 35.3 Å². The van der Waals surface area contributed by atoms with Gasteiger partial charge in [-0.3, -0.25) is 0 Å². The highest BCUT2D eigenvalue weighted by atomic mass is 35.5. The van der Waals surface area contributed by atoms with E-state index in [1.165, 1.54) is 0 Å². The third-order valence-corrected chi connectivity index (χ3v) is 6.01. The number of anilines is 1. The van der Waals surface area contributed by atoms with Gasteiger partial charge in [0, 0.05) is 37.5 Å². The van der Waals surface area contributed by atoms with Crippen LogP contribution in [0, 0.1) is 6.92 Å². The lowest BCUT2D eigenvalue weighted by Gasteiger charge is -2.39. The van der Waals surface area contributed by atoms with E-state index >= 15 is 0 Å². The van der Waals surface area contributed by atoms with Gasteiger partial charge < -0.3 is 15.7 Å². The molecule has 1 aromatic heterocycles. The van der Waals surface area contributed by atoms with Crippen molar-refractivity contribution in [2.24, 2.45) is 5.73 Å². The zero-order valence-corrected chi connectivity index (χ0v) is 16.9. The molecule has 0 bridgehead atoms. The van der Waals surface area contributed by atoms with Gasteiger partial charge in [-0.2, -0.15) is 0 Å². The molecule has 0 saturated carbocycles. The molecule has 2 aromatic rings. The lowest BCUT2D eigenvalue weighted by molar-refractivity contribution is 0.0982. The molecule has 27 heavy (non-hydrogen) atoms. The Kier molecular flexibility index (Phi) is 5.91. The Balaban J connectivity index is 1.95. The van der Waals surface area contributed by atoms with Crippen molar-refractivity contribution in [3.63, 3.8) is 0 Å². The predicted octanol–water partition coefficient (Wildman–Crippen LogP) is 3.91. The molecule has 1 fully saturated rings. The molecule has 1 saturated heterocycles. The SMILES string of the molecule is Cc1nc(N2CCC(F)([C@H](C)N)CC2)c(CO)nc1-c1cccc(Cl)c1Cl. The maximum Gasteiger partial charge on any atom is 0.153 e. The molecule has 146 valence electrons. The Bertz CT molecular complexity index is 839. The number of aliphatic hydroxyl groups excluding tert-OH is 1. The summed E-state index contributed by atoms with van der Waals surface area (Å²) in [6, 6.07) is 4.79. The van der Waals surface area contributed by atoms with Crippen molar-refractivity contribution in [1.29, 1.82) is 0 Å². The second-order valence-corrected chi connectivity index (χ2v) is 7.78. The van der Waals surface area contributed by atoms with Gasteiger partial charge in [-0.05, 0) is 19.9 Å². The molecule has 3 rings (SSSR count). The molecular weight excluding hydrogens is 390 g/mol. The fourth-order valence-electron chi connectivity index (χ4n) is 3.39. The van der Waals surface area contributed by atoms with Crippen LogP contribution in [-0.4, -0.2) is 39.9 Å². The van der Waals surface area contributed by atoms with E-state index in [1.807, 2.05) is 17.9 Å². The van der Waals surface area contributed by atoms with Crippen LogP contribution in [0.25, 0.3) is 11.3 Å². The first-order chi connectivity index (χ1) is 12.8. The molecule has 0 amide bonds. The topological polar surface area (TPSA) is 75.3 Å². The fourth-order valence-corrected chi connectivity index (χ4v) is 3.78. The van der Waals surface area contributed by atoms with Crippen LogP contribution in [0.3, 0.4) is 0 Å². The standard InChI is InChI=1S/C19H23Cl2FN4O/c1-11-17(13-4-3-5-14(20)16(13)21)25-15(10-27)18(24-11)26-8-6-19(22,7-9-26)12(2)23/h3-5,12,27H,6-10,23H2,1-2H3/t12-/m0/s1. The molecule has 0 unspecified atom stereocenters. The number of aromatic nitrogens is 2. The lowest BCUT2D eigenvalue weighted by Crippen LogP contribution is -2.51. The summed E-state index contributed by atoms with van der Waals surface area (Å²) in [6.07, 6.45) is 0.635. The Morgan fingerprint density at radius 1 is 1.30 bits per heavy atom. The van der Waals surface area contributed by atoms with Crippen LogP contribution in [0.1, 0.15) is 31.2 Å². The van der Waals surface area contributed by atoms with E-state index in [0.717, 1.165) is 0 Å². The van der Waals surface area contributed by atoms with Crippen LogP contribution in [0.5, 0.6) is 0 Å². The number of hydrogen-bond acceptors (Lipinski definition) is 5. The Morgan fingerprint density at radius 3 is 2.56 bits per heavy atom. The van der Waals surface area contributed by atoms with Gasteiger partial charge in [0.15, 0.2) is 5.82 Å². The van der Waals surface area contributed by atoms with Crippen LogP contribution < -0.4 is 10.6 Å². The number of piperidine rings is 1. The molecule has 8 heteroatoms. The van der Waals surface area contributed by atoms with Crippen molar-refractivity contribution in [3.8, 4) is 11.3 Å². The summed E-state index contributed by atoms with van der Waals surface area (Å²) in [6.45, 7) is 4.18. The van der Waals surface area contributed by atoms with Crippen LogP contribution in [-0.2, 0) is 6.61 Å². The van der Waals surface area contributed by atoms with Gasteiger partial charge in [0.05, 0.1) is 28.0 Å². The summed E-state index contributed by atoms with van der Waals surface area (Å²) in [5.41, 5.74) is 6.75. The number of nitrogens with two attached hydrogens (primary N) is 1. The first kappa shape index (κ1) is 20.3. The maximum atomic E-state index is 14.7. The van der Waals surface area contributed by atoms with Gasteiger partial charge in [0.2, 0.25) is 0 Å². The van der Waals surface area contributed by atoms with Gasteiger partial charge in [0.25, 0.3) is 0 Å². The van der Waals surface area contributed by atoms with Crippen molar-refractivity contribution >= 4 is 29.0 Å². The van der Waals surface area contributed by atoms with Crippen molar-refractivity contribution in [2.75, 3.05) is 18.0 Å². The highest BCUT2D eigenvalue weighted by Gasteiger charge is 2.38. The molecule has 2 heterocycles. The number of rotatable bonds is 4. The average Bonchev–Trinajstić information content (AvgIpc) is 2.64. The molecule has 0 radical (unpaired) electrons. The molecule has 1 atom stereocenters. The summed E-state index contributed by atoms with van der Waals surface area (Å²) in [5.74, 6) is 0.573. The second kappa shape index (κ2) is 7.87. The van der Waals surface area contributed by atoms with Gasteiger partial charge in [-0.25, -0.2) is 14.4 Å². The zero-order valence-electron chi connectivity index (χ0n) is 15.3. The van der Waals surface area contributed by atoms with Crippen LogP contribution >= 0.6 is 23.2 Å². The Morgan fingerprint density at radius 2 is 1.96 bits per heavy atom. The first-order valence-corrected chi connectivity index (χ1v) is 9.64. The molecule has 0 aliphatic carbocycles. The number of nitrogens with zero attached hydrogens (tertiary/aromatic N) is 3. The molecule has 0 spiro atoms. The van der Waals surface area contributed by atoms with E-state index in [-0.39, 0.29) is 6.61 Å². The molecule has 3 N–H and O–H groups in total. The van der Waals surface area contributed by atoms with Gasteiger partial charge >= 0.3 is 0 Å². The Labute approximate surface area is 168 Å². The summed E-state index contributed by atoms with van der Waals surface area (Å²) in [7, 11) is 0. The third-order valence-electron chi connectivity index (χ3n) is 5.19. The Hall–Kier alpha value is -1.47. The molecular formula is C19H23Cl2FN4O. The quantitative estimate of drug-likeness (QED) is 0.795. The average molecular weight is 413 g/mol. The largest absolute Gasteiger partial charge is 0.390 e. The zero-order chi connectivity index (χ0) is 19.8. The van der Waals surface area contributed by atoms with Gasteiger partial charge in [-0.15, -0.1) is 0 Å². The van der Waals surface area contributed by atoms with Crippen molar-refractivity contribution in [2.45, 2.75) is 45.0 Å². The normalized spacial score (nSPS) is 17.8. The minimum absolute atomic E-state index is 0.279. The highest BCUT2D eigenvalue weighted by molar-refractivity contribution is 6.43. The van der Waals surface area contributed by atoms with E-state index in [4.69, 9.17) is 28.9 Å². The molecule has 5 nitrogen and oxygen atoms in total. The first-order valence-electron chi connectivity index (χ1n) is 8.89. The maximum absolute atomic E-state index is 14.7. The minimum atomic E-state index is -1.37. The molecule has 1 aliphatic heterocycles. The van der Waals surface area contributed by atoms with E-state index in [0.29, 0.717) is 64.4 Å². The summed E-state index contributed by atoms with van der Waals surface area (Å²) < 4.78 is 14.7. The number of hydrogen-bond donors (Lipinski definition) is 2. The van der Waals surface area contributed by atoms with E-state index in [1.54, 1.807) is 19.1 Å². The van der Waals surface area contributed by atoms with Gasteiger partial charge in [0.1, 0.15) is 11.4 Å². The minimum Gasteiger partial charge on any atom is -0.390 e. The van der Waals surface area contributed by atoms with Crippen molar-refractivity contribution in [3.05, 3.63) is 39.6 Å². The van der Waals surface area contributed by atoms with Crippen molar-refractivity contribution < 1.29 is 9.50 Å². The third kappa shape index (κ3) is 3.90. The highest BCUT2D eigenvalue weighted by Crippen LogP contribution is 2.36. The number of halogens is 3. The van der Waals surface area contributed by atoms with E-state index in [2.05, 4.69) is 9.97 Å². The van der Waals surface area contributed by atoms with Crippen molar-refractivity contribution in [1.82, 2.24) is 9.97 Å². The number of benzene rings is 1. The van der Waals surface area contributed by atoms with E-state index < -0.39 is 11.7 Å². The predicted molar refractivity (Wildman–Crippen MR) is 107 cm³/mol. The summed E-state index contributed by atoms with van der Waals surface area (Å²) in [4.78, 5) is 11.2. The lowest BCUT2D eigenvalue weighted by atomic mass is 9.87. The van der Waals surface area contributed by atoms with Crippen LogP contribution in [0.2, 0.25) is 10.0 Å². The fraction of sp³-hybridized carbons (Fsp3) is 0.474. The van der Waals surface area contributed by atoms with E-state index in [9.17, 15) is 9.50 Å². The second-order valence-electron chi connectivity index (χ2n) is 7.00. The number of alkyl halides is 1.